The Morgan fingerprint density at radius 2 is 1.71 bits per heavy atom. The van der Waals surface area contributed by atoms with Gasteiger partial charge in [-0.3, -0.25) is 20.4 Å². The number of hydrazine groups is 1. The van der Waals surface area contributed by atoms with E-state index in [2.05, 4.69) is 40.8 Å². The molecule has 0 saturated heterocycles. The summed E-state index contributed by atoms with van der Waals surface area (Å²) in [5.74, 6) is -1.42. The van der Waals surface area contributed by atoms with Gasteiger partial charge in [0.25, 0.3) is 5.91 Å². The average Bonchev–Trinajstić information content (AvgIpc) is 3.34. The minimum Gasteiger partial charge on any atom is -0.453 e. The number of aryl methyl sites for hydroxylation is 1. The largest absolute Gasteiger partial charge is 0.453 e. The van der Waals surface area contributed by atoms with Crippen molar-refractivity contribution in [2.75, 3.05) is 6.61 Å². The Morgan fingerprint density at radius 3 is 2.39 bits per heavy atom. The predicted molar refractivity (Wildman–Crippen MR) is 188 cm³/mol. The van der Waals surface area contributed by atoms with Crippen LogP contribution < -0.4 is 20.9 Å². The normalized spacial score (nSPS) is 12.3. The number of ether oxygens (including phenoxy) is 3. The van der Waals surface area contributed by atoms with Crippen molar-refractivity contribution in [1.29, 1.82) is 0 Å². The van der Waals surface area contributed by atoms with Gasteiger partial charge in [-0.25, -0.2) is 14.2 Å². The molecule has 0 saturated carbocycles. The molecule has 0 unspecified atom stereocenters. The van der Waals surface area contributed by atoms with Crippen molar-refractivity contribution < 1.29 is 33.0 Å². The molecular formula is C36H46FN5O6Si. The Labute approximate surface area is 287 Å². The third-order valence-corrected chi connectivity index (χ3v) is 9.04. The van der Waals surface area contributed by atoms with Gasteiger partial charge in [0.15, 0.2) is 11.6 Å². The smallest absolute Gasteiger partial charge is 0.408 e. The number of carbonyl (C=O) groups excluding carboxylic acids is 3. The number of hydrogen-bond acceptors (Lipinski definition) is 7. The van der Waals surface area contributed by atoms with Gasteiger partial charge in [-0.05, 0) is 68.6 Å². The van der Waals surface area contributed by atoms with Crippen molar-refractivity contribution in [2.45, 2.75) is 84.6 Å². The highest BCUT2D eigenvalue weighted by atomic mass is 28.3. The van der Waals surface area contributed by atoms with Crippen LogP contribution in [0.1, 0.15) is 37.5 Å². The Hall–Kier alpha value is -4.75. The van der Waals surface area contributed by atoms with Crippen LogP contribution in [0.5, 0.6) is 11.5 Å². The quantitative estimate of drug-likeness (QED) is 0.0838. The highest BCUT2D eigenvalue weighted by Gasteiger charge is 2.26. The Morgan fingerprint density at radius 1 is 0.980 bits per heavy atom. The first kappa shape index (κ1) is 37.1. The fraction of sp³-hybridized carbons (Fsp3) is 0.389. The van der Waals surface area contributed by atoms with Gasteiger partial charge in [0.05, 0.1) is 11.8 Å². The van der Waals surface area contributed by atoms with Crippen LogP contribution in [0, 0.1) is 12.7 Å². The molecule has 49 heavy (non-hydrogen) atoms. The Balaban J connectivity index is 1.46. The second-order valence-electron chi connectivity index (χ2n) is 14.1. The van der Waals surface area contributed by atoms with E-state index in [0.717, 1.165) is 22.6 Å². The lowest BCUT2D eigenvalue weighted by molar-refractivity contribution is -0.129. The van der Waals surface area contributed by atoms with Crippen LogP contribution in [0.25, 0.3) is 11.0 Å². The fourth-order valence-corrected chi connectivity index (χ4v) is 5.67. The minimum absolute atomic E-state index is 0.0240. The van der Waals surface area contributed by atoms with E-state index in [1.807, 2.05) is 23.8 Å². The average molecular weight is 692 g/mol. The number of aromatic nitrogens is 2. The number of benzene rings is 2. The van der Waals surface area contributed by atoms with Gasteiger partial charge in [-0.2, -0.15) is 0 Å². The zero-order valence-corrected chi connectivity index (χ0v) is 30.2. The zero-order chi connectivity index (χ0) is 35.8. The summed E-state index contributed by atoms with van der Waals surface area (Å²) in [5.41, 5.74) is 6.63. The molecule has 4 aromatic rings. The number of hydrogen-bond donors (Lipinski definition) is 3. The highest BCUT2D eigenvalue weighted by molar-refractivity contribution is 6.76. The number of carbonyl (C=O) groups is 3. The molecular weight excluding hydrogens is 646 g/mol. The summed E-state index contributed by atoms with van der Waals surface area (Å²) < 4.78 is 34.7. The standard InChI is InChI=1S/C36H46FN5O6Si/c1-24-22-42(23-46-17-18-49(5,6)7)33-32(24)30(15-16-38-33)47-29-14-13-26(19-27(29)37)20-28(39-35(45)48-36(2,3)4)34(44)41-40-31(43)21-25-11-9-8-10-12-25/h8-16,19,22,28H,17-18,20-21,23H2,1-7H3,(H,39,45)(H,40,43)(H,41,44)/t28-/m0/s1. The minimum atomic E-state index is -1.22. The van der Waals surface area contributed by atoms with Crippen molar-refractivity contribution >= 4 is 37.0 Å². The van der Waals surface area contributed by atoms with Gasteiger partial charge >= 0.3 is 6.09 Å². The fourth-order valence-electron chi connectivity index (χ4n) is 4.92. The van der Waals surface area contributed by atoms with Crippen LogP contribution in [-0.2, 0) is 38.6 Å². The van der Waals surface area contributed by atoms with Gasteiger partial charge in [0.2, 0.25) is 5.91 Å². The van der Waals surface area contributed by atoms with Gasteiger partial charge in [0.1, 0.15) is 29.8 Å². The number of rotatable bonds is 13. The van der Waals surface area contributed by atoms with Crippen molar-refractivity contribution in [2.24, 2.45) is 0 Å². The highest BCUT2D eigenvalue weighted by Crippen LogP contribution is 2.34. The number of alkyl carbamates (subject to hydrolysis) is 1. The van der Waals surface area contributed by atoms with E-state index in [4.69, 9.17) is 14.2 Å². The molecule has 3 N–H and O–H groups in total. The van der Waals surface area contributed by atoms with Crippen molar-refractivity contribution in [3.05, 3.63) is 89.5 Å². The zero-order valence-electron chi connectivity index (χ0n) is 29.2. The summed E-state index contributed by atoms with van der Waals surface area (Å²) in [4.78, 5) is 42.7. The van der Waals surface area contributed by atoms with Crippen molar-refractivity contribution in [3.8, 4) is 11.5 Å². The molecule has 0 fully saturated rings. The third kappa shape index (κ3) is 11.4. The van der Waals surface area contributed by atoms with E-state index in [0.29, 0.717) is 30.3 Å². The van der Waals surface area contributed by atoms with E-state index in [1.54, 1.807) is 63.4 Å². The number of pyridine rings is 1. The van der Waals surface area contributed by atoms with Crippen LogP contribution in [0.15, 0.2) is 67.0 Å². The summed E-state index contributed by atoms with van der Waals surface area (Å²) in [5, 5.41) is 3.27. The van der Waals surface area contributed by atoms with Crippen LogP contribution in [-0.4, -0.2) is 53.8 Å². The summed E-state index contributed by atoms with van der Waals surface area (Å²) in [7, 11) is -1.22. The van der Waals surface area contributed by atoms with Crippen molar-refractivity contribution in [3.63, 3.8) is 0 Å². The number of halogens is 1. The second kappa shape index (κ2) is 16.1. The monoisotopic (exact) mass is 691 g/mol. The van der Waals surface area contributed by atoms with E-state index in [-0.39, 0.29) is 18.6 Å². The number of fused-ring (bicyclic) bond motifs is 1. The Bertz CT molecular complexity index is 1770. The van der Waals surface area contributed by atoms with Gasteiger partial charge in [-0.15, -0.1) is 0 Å². The summed E-state index contributed by atoms with van der Waals surface area (Å²) in [6.07, 6.45) is 2.64. The van der Waals surface area contributed by atoms with Crippen LogP contribution in [0.3, 0.4) is 0 Å². The SMILES string of the molecule is Cc1cn(COCC[Si](C)(C)C)c2nccc(Oc3ccc(C[C@H](NC(=O)OC(C)(C)C)C(=O)NNC(=O)Cc4ccccc4)cc3F)c12. The molecule has 0 bridgehead atoms. The molecule has 0 radical (unpaired) electrons. The van der Waals surface area contributed by atoms with E-state index in [1.165, 1.54) is 12.1 Å². The van der Waals surface area contributed by atoms with Crippen molar-refractivity contribution in [1.82, 2.24) is 25.7 Å². The first-order valence-electron chi connectivity index (χ1n) is 16.2. The lowest BCUT2D eigenvalue weighted by Crippen LogP contribution is -2.54. The van der Waals surface area contributed by atoms with Crippen LogP contribution in [0.4, 0.5) is 9.18 Å². The molecule has 0 aliphatic carbocycles. The summed E-state index contributed by atoms with van der Waals surface area (Å²) >= 11 is 0. The molecule has 0 aliphatic heterocycles. The van der Waals surface area contributed by atoms with Crippen LogP contribution >= 0.6 is 0 Å². The lowest BCUT2D eigenvalue weighted by atomic mass is 10.0. The summed E-state index contributed by atoms with van der Waals surface area (Å²) in [6.45, 7) is 14.9. The topological polar surface area (TPSA) is 133 Å². The van der Waals surface area contributed by atoms with Gasteiger partial charge in [-0.1, -0.05) is 56.0 Å². The maximum atomic E-state index is 15.5. The van der Waals surface area contributed by atoms with Gasteiger partial charge in [0, 0.05) is 33.5 Å². The number of nitrogens with zero attached hydrogens (tertiary/aromatic N) is 2. The molecule has 2 heterocycles. The summed E-state index contributed by atoms with van der Waals surface area (Å²) in [6, 6.07) is 14.9. The first-order valence-corrected chi connectivity index (χ1v) is 19.9. The number of amides is 3. The van der Waals surface area contributed by atoms with E-state index >= 15 is 4.39 Å². The van der Waals surface area contributed by atoms with Gasteiger partial charge < -0.3 is 24.1 Å². The molecule has 0 aliphatic rings. The first-order chi connectivity index (χ1) is 23.1. The molecule has 262 valence electrons. The lowest BCUT2D eigenvalue weighted by Gasteiger charge is -2.23. The maximum Gasteiger partial charge on any atom is 0.408 e. The van der Waals surface area contributed by atoms with E-state index in [9.17, 15) is 14.4 Å². The second-order valence-corrected chi connectivity index (χ2v) is 19.7. The third-order valence-electron chi connectivity index (χ3n) is 7.33. The molecule has 1 atom stereocenters. The molecule has 2 aromatic heterocycles. The molecule has 11 nitrogen and oxygen atoms in total. The molecule has 3 amide bonds. The number of nitrogens with one attached hydrogen (secondary N) is 3. The maximum absolute atomic E-state index is 15.5. The molecule has 2 aromatic carbocycles. The molecule has 13 heteroatoms. The van der Waals surface area contributed by atoms with Crippen LogP contribution in [0.2, 0.25) is 25.7 Å². The van der Waals surface area contributed by atoms with E-state index < -0.39 is 43.4 Å². The molecule has 0 spiro atoms. The predicted octanol–water partition coefficient (Wildman–Crippen LogP) is 6.41. The Kier molecular flexibility index (Phi) is 12.2. The molecule has 4 rings (SSSR count).